The average Bonchev–Trinajstić information content (AvgIpc) is 3.14. The number of hydrogen-bond donors (Lipinski definition) is 1. The molecule has 0 aliphatic carbocycles. The first-order valence-corrected chi connectivity index (χ1v) is 9.88. The van der Waals surface area contributed by atoms with Crippen LogP contribution in [0.25, 0.3) is 11.5 Å². The summed E-state index contributed by atoms with van der Waals surface area (Å²) in [7, 11) is 1.94. The van der Waals surface area contributed by atoms with Crippen LogP contribution in [0.15, 0.2) is 48.8 Å². The lowest BCUT2D eigenvalue weighted by atomic mass is 9.75. The molecule has 1 unspecified atom stereocenters. The van der Waals surface area contributed by atoms with Crippen LogP contribution in [0.2, 0.25) is 5.02 Å². The number of rotatable bonds is 5. The van der Waals surface area contributed by atoms with Crippen molar-refractivity contribution in [2.75, 3.05) is 24.6 Å². The monoisotopic (exact) mass is 397 g/mol. The van der Waals surface area contributed by atoms with E-state index >= 15 is 0 Å². The molecule has 4 rings (SSSR count). The van der Waals surface area contributed by atoms with Gasteiger partial charge in [-0.2, -0.15) is 0 Å². The smallest absolute Gasteiger partial charge is 0.160 e. The molecule has 0 bridgehead atoms. The molecule has 146 valence electrons. The van der Waals surface area contributed by atoms with E-state index in [1.165, 1.54) is 0 Å². The van der Waals surface area contributed by atoms with Crippen LogP contribution in [0.1, 0.15) is 18.4 Å². The Kier molecular flexibility index (Phi) is 5.33. The largest absolute Gasteiger partial charge is 0.396 e. The van der Waals surface area contributed by atoms with Crippen LogP contribution < -0.4 is 4.90 Å². The van der Waals surface area contributed by atoms with Crippen molar-refractivity contribution in [3.63, 3.8) is 0 Å². The van der Waals surface area contributed by atoms with Crippen LogP contribution in [-0.4, -0.2) is 44.6 Å². The molecule has 1 aliphatic heterocycles. The number of hydrogen-bond acceptors (Lipinski definition) is 5. The van der Waals surface area contributed by atoms with Gasteiger partial charge in [0.1, 0.15) is 5.69 Å². The third-order valence-corrected chi connectivity index (χ3v) is 5.72. The van der Waals surface area contributed by atoms with Crippen LogP contribution in [0.3, 0.4) is 0 Å². The molecule has 1 aromatic carbocycles. The van der Waals surface area contributed by atoms with Gasteiger partial charge in [-0.1, -0.05) is 23.7 Å². The number of halogens is 1. The Hall–Kier alpha value is -2.44. The maximum atomic E-state index is 10.2. The molecule has 3 aromatic rings. The van der Waals surface area contributed by atoms with Crippen molar-refractivity contribution in [3.8, 4) is 11.5 Å². The Morgan fingerprint density at radius 3 is 2.79 bits per heavy atom. The molecule has 1 fully saturated rings. The molecule has 0 spiro atoms. The van der Waals surface area contributed by atoms with E-state index in [-0.39, 0.29) is 12.0 Å². The molecular formula is C21H24ClN5O. The number of nitrogens with zero attached hydrogens (tertiary/aromatic N) is 5. The number of anilines is 1. The van der Waals surface area contributed by atoms with Gasteiger partial charge < -0.3 is 14.6 Å². The van der Waals surface area contributed by atoms with Gasteiger partial charge in [0.05, 0.1) is 6.61 Å². The van der Waals surface area contributed by atoms with E-state index in [2.05, 4.69) is 26.1 Å². The van der Waals surface area contributed by atoms with Crippen molar-refractivity contribution in [1.29, 1.82) is 0 Å². The summed E-state index contributed by atoms with van der Waals surface area (Å²) in [6, 6.07) is 11.8. The maximum Gasteiger partial charge on any atom is 0.160 e. The Labute approximate surface area is 169 Å². The standard InChI is InChI=1S/C21H24ClN5O/c1-26-11-9-23-20(26)18-6-7-19(25-24-18)27-10-3-8-21(14-27,15-28)13-16-4-2-5-17(22)12-16/h2,4-7,9,11-12,28H,3,8,10,13-15H2,1H3. The SMILES string of the molecule is Cn1ccnc1-c1ccc(N2CCCC(CO)(Cc3cccc(Cl)c3)C2)nn1. The third-order valence-electron chi connectivity index (χ3n) is 5.49. The van der Waals surface area contributed by atoms with Gasteiger partial charge in [-0.05, 0) is 49.1 Å². The van der Waals surface area contributed by atoms with Crippen LogP contribution in [-0.2, 0) is 13.5 Å². The number of piperidine rings is 1. The lowest BCUT2D eigenvalue weighted by Gasteiger charge is -2.42. The van der Waals surface area contributed by atoms with E-state index in [0.717, 1.165) is 60.3 Å². The van der Waals surface area contributed by atoms with E-state index in [1.54, 1.807) is 6.20 Å². The van der Waals surface area contributed by atoms with Gasteiger partial charge in [0.2, 0.25) is 0 Å². The normalized spacial score (nSPS) is 19.8. The Morgan fingerprint density at radius 2 is 2.11 bits per heavy atom. The van der Waals surface area contributed by atoms with E-state index in [1.807, 2.05) is 48.1 Å². The first kappa shape index (κ1) is 18.9. The minimum absolute atomic E-state index is 0.134. The topological polar surface area (TPSA) is 67.1 Å². The minimum Gasteiger partial charge on any atom is -0.396 e. The Bertz CT molecular complexity index is 942. The summed E-state index contributed by atoms with van der Waals surface area (Å²) in [5.41, 5.74) is 1.70. The van der Waals surface area contributed by atoms with Gasteiger partial charge in [0, 0.05) is 43.0 Å². The molecular weight excluding hydrogens is 374 g/mol. The number of imidazole rings is 1. The van der Waals surface area contributed by atoms with Crippen molar-refractivity contribution in [3.05, 3.63) is 59.4 Å². The first-order chi connectivity index (χ1) is 13.6. The lowest BCUT2D eigenvalue weighted by Crippen LogP contribution is -2.47. The second-order valence-corrected chi connectivity index (χ2v) is 8.06. The maximum absolute atomic E-state index is 10.2. The Morgan fingerprint density at radius 1 is 1.21 bits per heavy atom. The third kappa shape index (κ3) is 3.88. The molecule has 0 radical (unpaired) electrons. The fourth-order valence-corrected chi connectivity index (χ4v) is 4.25. The highest BCUT2D eigenvalue weighted by atomic mass is 35.5. The summed E-state index contributed by atoms with van der Waals surface area (Å²) >= 11 is 6.15. The molecule has 1 aliphatic rings. The lowest BCUT2D eigenvalue weighted by molar-refractivity contribution is 0.105. The summed E-state index contributed by atoms with van der Waals surface area (Å²) in [6.45, 7) is 1.79. The number of aromatic nitrogens is 4. The molecule has 28 heavy (non-hydrogen) atoms. The first-order valence-electron chi connectivity index (χ1n) is 9.50. The molecule has 1 atom stereocenters. The highest BCUT2D eigenvalue weighted by molar-refractivity contribution is 6.30. The van der Waals surface area contributed by atoms with Gasteiger partial charge in [-0.3, -0.25) is 0 Å². The van der Waals surface area contributed by atoms with E-state index in [9.17, 15) is 5.11 Å². The molecule has 1 N–H and O–H groups in total. The van der Waals surface area contributed by atoms with Crippen molar-refractivity contribution in [1.82, 2.24) is 19.7 Å². The molecule has 1 saturated heterocycles. The number of aliphatic hydroxyl groups excluding tert-OH is 1. The zero-order valence-electron chi connectivity index (χ0n) is 15.9. The number of aryl methyl sites for hydroxylation is 1. The zero-order valence-corrected chi connectivity index (χ0v) is 16.7. The molecule has 2 aromatic heterocycles. The highest BCUT2D eigenvalue weighted by Crippen LogP contribution is 2.35. The van der Waals surface area contributed by atoms with Crippen molar-refractivity contribution in [2.24, 2.45) is 12.5 Å². The second kappa shape index (κ2) is 7.89. The second-order valence-electron chi connectivity index (χ2n) is 7.63. The molecule has 6 nitrogen and oxygen atoms in total. The highest BCUT2D eigenvalue weighted by Gasteiger charge is 2.36. The van der Waals surface area contributed by atoms with Gasteiger partial charge >= 0.3 is 0 Å². The Balaban J connectivity index is 1.53. The average molecular weight is 398 g/mol. The van der Waals surface area contributed by atoms with Crippen molar-refractivity contribution < 1.29 is 5.11 Å². The van der Waals surface area contributed by atoms with E-state index in [4.69, 9.17) is 11.6 Å². The molecule has 7 heteroatoms. The number of benzene rings is 1. The molecule has 0 amide bonds. The molecule has 3 heterocycles. The summed E-state index contributed by atoms with van der Waals surface area (Å²) in [6.07, 6.45) is 6.41. The van der Waals surface area contributed by atoms with Crippen molar-refractivity contribution in [2.45, 2.75) is 19.3 Å². The van der Waals surface area contributed by atoms with Crippen LogP contribution in [0, 0.1) is 5.41 Å². The predicted molar refractivity (Wildman–Crippen MR) is 110 cm³/mol. The van der Waals surface area contributed by atoms with Gasteiger partial charge in [-0.15, -0.1) is 10.2 Å². The van der Waals surface area contributed by atoms with Crippen LogP contribution in [0.5, 0.6) is 0 Å². The fourth-order valence-electron chi connectivity index (χ4n) is 4.04. The van der Waals surface area contributed by atoms with Crippen LogP contribution in [0.4, 0.5) is 5.82 Å². The quantitative estimate of drug-likeness (QED) is 0.715. The summed E-state index contributed by atoms with van der Waals surface area (Å²) in [5.74, 6) is 1.63. The molecule has 0 saturated carbocycles. The van der Waals surface area contributed by atoms with Gasteiger partial charge in [0.25, 0.3) is 0 Å². The van der Waals surface area contributed by atoms with E-state index in [0.29, 0.717) is 0 Å². The summed E-state index contributed by atoms with van der Waals surface area (Å²) in [5, 5.41) is 19.8. The number of aliphatic hydroxyl groups is 1. The van der Waals surface area contributed by atoms with E-state index < -0.39 is 0 Å². The van der Waals surface area contributed by atoms with Gasteiger partial charge in [-0.25, -0.2) is 4.98 Å². The van der Waals surface area contributed by atoms with Crippen molar-refractivity contribution >= 4 is 17.4 Å². The minimum atomic E-state index is -0.205. The van der Waals surface area contributed by atoms with Crippen LogP contribution >= 0.6 is 11.6 Å². The predicted octanol–water partition coefficient (Wildman–Crippen LogP) is 3.35. The fraction of sp³-hybridized carbons (Fsp3) is 0.381. The zero-order chi connectivity index (χ0) is 19.6. The summed E-state index contributed by atoms with van der Waals surface area (Å²) in [4.78, 5) is 6.54. The van der Waals surface area contributed by atoms with Gasteiger partial charge in [0.15, 0.2) is 11.6 Å². The summed E-state index contributed by atoms with van der Waals surface area (Å²) < 4.78 is 1.92.